The first-order chi connectivity index (χ1) is 8.27. The van der Waals surface area contributed by atoms with Gasteiger partial charge in [0, 0.05) is 18.3 Å². The fourth-order valence-corrected chi connectivity index (χ4v) is 2.49. The molecule has 2 N–H and O–H groups in total. The van der Waals surface area contributed by atoms with E-state index < -0.39 is 0 Å². The average molecular weight is 232 g/mol. The number of anilines is 1. The number of hydrogen-bond donors (Lipinski definition) is 2. The number of piperidine rings is 1. The molecular weight excluding hydrogens is 208 g/mol. The maximum absolute atomic E-state index is 3.60. The van der Waals surface area contributed by atoms with E-state index in [9.17, 15) is 0 Å². The summed E-state index contributed by atoms with van der Waals surface area (Å²) in [5.41, 5.74) is 2.72. The van der Waals surface area contributed by atoms with Gasteiger partial charge in [-0.05, 0) is 36.9 Å². The normalized spacial score (nSPS) is 20.5. The minimum Gasteiger partial charge on any atom is -0.383 e. The third kappa shape index (κ3) is 3.47. The molecule has 2 heteroatoms. The Hall–Kier alpha value is -1.02. The zero-order chi connectivity index (χ0) is 12.1. The predicted octanol–water partition coefficient (Wildman–Crippen LogP) is 3.36. The van der Waals surface area contributed by atoms with Crippen LogP contribution in [0.4, 0.5) is 5.69 Å². The third-order valence-corrected chi connectivity index (χ3v) is 3.53. The second kappa shape index (κ2) is 6.06. The van der Waals surface area contributed by atoms with Crippen LogP contribution in [0.3, 0.4) is 0 Å². The van der Waals surface area contributed by atoms with Crippen molar-refractivity contribution in [1.82, 2.24) is 5.32 Å². The van der Waals surface area contributed by atoms with Crippen LogP contribution in [0.25, 0.3) is 0 Å². The van der Waals surface area contributed by atoms with E-state index in [1.54, 1.807) is 0 Å². The molecule has 1 unspecified atom stereocenters. The molecule has 0 aliphatic carbocycles. The summed E-state index contributed by atoms with van der Waals surface area (Å²) < 4.78 is 0. The van der Waals surface area contributed by atoms with Gasteiger partial charge in [0.1, 0.15) is 0 Å². The lowest BCUT2D eigenvalue weighted by atomic mass is 10.0. The molecule has 0 radical (unpaired) electrons. The van der Waals surface area contributed by atoms with Crippen LogP contribution in [-0.2, 0) is 0 Å². The van der Waals surface area contributed by atoms with E-state index >= 15 is 0 Å². The van der Waals surface area contributed by atoms with Crippen LogP contribution < -0.4 is 10.6 Å². The lowest BCUT2D eigenvalue weighted by molar-refractivity contribution is 0.414. The fraction of sp³-hybridized carbons (Fsp3) is 0.600. The largest absolute Gasteiger partial charge is 0.383 e. The van der Waals surface area contributed by atoms with Gasteiger partial charge in [-0.15, -0.1) is 0 Å². The van der Waals surface area contributed by atoms with Crippen molar-refractivity contribution in [3.8, 4) is 0 Å². The Balaban J connectivity index is 1.93. The average Bonchev–Trinajstić information content (AvgIpc) is 2.38. The first-order valence-corrected chi connectivity index (χ1v) is 6.83. The van der Waals surface area contributed by atoms with Crippen molar-refractivity contribution >= 4 is 5.69 Å². The summed E-state index contributed by atoms with van der Waals surface area (Å²) in [6.07, 6.45) is 4.00. The highest BCUT2D eigenvalue weighted by Crippen LogP contribution is 2.23. The molecule has 0 saturated carbocycles. The number of para-hydroxylation sites is 1. The van der Waals surface area contributed by atoms with Crippen molar-refractivity contribution in [1.29, 1.82) is 0 Å². The van der Waals surface area contributed by atoms with Crippen LogP contribution in [0.15, 0.2) is 24.3 Å². The highest BCUT2D eigenvalue weighted by Gasteiger charge is 2.13. The standard InChI is InChI=1S/C15H24N2/c1-12(2)14-8-3-4-9-15(14)17-11-13-7-5-6-10-16-13/h3-4,8-9,12-13,16-17H,5-7,10-11H2,1-2H3. The number of nitrogens with one attached hydrogen (secondary N) is 2. The molecule has 17 heavy (non-hydrogen) atoms. The van der Waals surface area contributed by atoms with Gasteiger partial charge in [0.2, 0.25) is 0 Å². The van der Waals surface area contributed by atoms with E-state index in [4.69, 9.17) is 0 Å². The number of rotatable bonds is 4. The first kappa shape index (κ1) is 12.4. The Morgan fingerprint density at radius 3 is 2.82 bits per heavy atom. The molecule has 2 nitrogen and oxygen atoms in total. The second-order valence-corrected chi connectivity index (χ2v) is 5.27. The van der Waals surface area contributed by atoms with Crippen LogP contribution in [0.5, 0.6) is 0 Å². The summed E-state index contributed by atoms with van der Waals surface area (Å²) in [6.45, 7) is 6.72. The number of benzene rings is 1. The molecule has 0 bridgehead atoms. The number of hydrogen-bond acceptors (Lipinski definition) is 2. The van der Waals surface area contributed by atoms with E-state index in [2.05, 4.69) is 48.7 Å². The maximum atomic E-state index is 3.60. The second-order valence-electron chi connectivity index (χ2n) is 5.27. The predicted molar refractivity (Wildman–Crippen MR) is 74.7 cm³/mol. The van der Waals surface area contributed by atoms with Crippen LogP contribution in [0, 0.1) is 0 Å². The molecule has 1 fully saturated rings. The van der Waals surface area contributed by atoms with Crippen molar-refractivity contribution < 1.29 is 0 Å². The highest BCUT2D eigenvalue weighted by atomic mass is 15.0. The Morgan fingerprint density at radius 2 is 2.12 bits per heavy atom. The summed E-state index contributed by atoms with van der Waals surface area (Å²) in [4.78, 5) is 0. The summed E-state index contributed by atoms with van der Waals surface area (Å²) >= 11 is 0. The molecular formula is C15H24N2. The first-order valence-electron chi connectivity index (χ1n) is 6.83. The lowest BCUT2D eigenvalue weighted by Gasteiger charge is -2.25. The molecule has 94 valence electrons. The van der Waals surface area contributed by atoms with Gasteiger partial charge in [-0.3, -0.25) is 0 Å². The van der Waals surface area contributed by atoms with E-state index in [0.717, 1.165) is 6.54 Å². The summed E-state index contributed by atoms with van der Waals surface area (Å²) in [6, 6.07) is 9.30. The van der Waals surface area contributed by atoms with Crippen molar-refractivity contribution in [2.45, 2.75) is 45.1 Å². The van der Waals surface area contributed by atoms with Gasteiger partial charge < -0.3 is 10.6 Å². The lowest BCUT2D eigenvalue weighted by Crippen LogP contribution is -2.39. The van der Waals surface area contributed by atoms with Crippen LogP contribution >= 0.6 is 0 Å². The Labute approximate surface area is 105 Å². The molecule has 1 saturated heterocycles. The molecule has 1 atom stereocenters. The van der Waals surface area contributed by atoms with E-state index in [1.165, 1.54) is 37.1 Å². The molecule has 0 aromatic heterocycles. The summed E-state index contributed by atoms with van der Waals surface area (Å²) in [7, 11) is 0. The van der Waals surface area contributed by atoms with E-state index in [-0.39, 0.29) is 0 Å². The molecule has 0 spiro atoms. The van der Waals surface area contributed by atoms with Crippen molar-refractivity contribution in [2.75, 3.05) is 18.4 Å². The molecule has 0 amide bonds. The van der Waals surface area contributed by atoms with Crippen LogP contribution in [0.1, 0.15) is 44.6 Å². The minimum atomic E-state index is 0.581. The summed E-state index contributed by atoms with van der Waals surface area (Å²) in [5.74, 6) is 0.581. The zero-order valence-electron chi connectivity index (χ0n) is 11.0. The van der Waals surface area contributed by atoms with Gasteiger partial charge in [-0.1, -0.05) is 38.5 Å². The summed E-state index contributed by atoms with van der Waals surface area (Å²) in [5, 5.41) is 7.18. The minimum absolute atomic E-state index is 0.581. The smallest absolute Gasteiger partial charge is 0.0375 e. The molecule has 1 aromatic carbocycles. The maximum Gasteiger partial charge on any atom is 0.0375 e. The molecule has 1 aliphatic rings. The Bertz CT molecular complexity index is 341. The van der Waals surface area contributed by atoms with Crippen molar-refractivity contribution in [3.63, 3.8) is 0 Å². The quantitative estimate of drug-likeness (QED) is 0.831. The topological polar surface area (TPSA) is 24.1 Å². The molecule has 1 aliphatic heterocycles. The van der Waals surface area contributed by atoms with E-state index in [1.807, 2.05) is 0 Å². The van der Waals surface area contributed by atoms with Crippen LogP contribution in [-0.4, -0.2) is 19.1 Å². The Morgan fingerprint density at radius 1 is 1.29 bits per heavy atom. The van der Waals surface area contributed by atoms with Crippen molar-refractivity contribution in [3.05, 3.63) is 29.8 Å². The van der Waals surface area contributed by atoms with Gasteiger partial charge in [0.05, 0.1) is 0 Å². The van der Waals surface area contributed by atoms with Crippen molar-refractivity contribution in [2.24, 2.45) is 0 Å². The van der Waals surface area contributed by atoms with Gasteiger partial charge >= 0.3 is 0 Å². The Kier molecular flexibility index (Phi) is 4.43. The monoisotopic (exact) mass is 232 g/mol. The molecule has 1 aromatic rings. The fourth-order valence-electron chi connectivity index (χ4n) is 2.49. The van der Waals surface area contributed by atoms with Gasteiger partial charge in [0.15, 0.2) is 0 Å². The van der Waals surface area contributed by atoms with Gasteiger partial charge in [-0.2, -0.15) is 0 Å². The SMILES string of the molecule is CC(C)c1ccccc1NCC1CCCCN1. The highest BCUT2D eigenvalue weighted by molar-refractivity contribution is 5.52. The molecule has 1 heterocycles. The van der Waals surface area contributed by atoms with Gasteiger partial charge in [-0.25, -0.2) is 0 Å². The molecule has 2 rings (SSSR count). The third-order valence-electron chi connectivity index (χ3n) is 3.53. The van der Waals surface area contributed by atoms with Crippen LogP contribution in [0.2, 0.25) is 0 Å². The van der Waals surface area contributed by atoms with E-state index in [0.29, 0.717) is 12.0 Å². The zero-order valence-corrected chi connectivity index (χ0v) is 11.0. The van der Waals surface area contributed by atoms with Gasteiger partial charge in [0.25, 0.3) is 0 Å².